The molecule has 0 amide bonds. The monoisotopic (exact) mass is 273 g/mol. The SMILES string of the molecule is CCCc1cc(CNC2CC2)cc(N(C)CC2CC2)n1. The number of aromatic nitrogens is 1. The van der Waals surface area contributed by atoms with E-state index in [-0.39, 0.29) is 0 Å². The maximum atomic E-state index is 4.84. The highest BCUT2D eigenvalue weighted by molar-refractivity contribution is 5.42. The number of rotatable bonds is 8. The molecule has 2 aliphatic rings. The highest BCUT2D eigenvalue weighted by atomic mass is 15.2. The van der Waals surface area contributed by atoms with E-state index in [1.807, 2.05) is 0 Å². The summed E-state index contributed by atoms with van der Waals surface area (Å²) in [5, 5.41) is 3.62. The van der Waals surface area contributed by atoms with Crippen LogP contribution in [0.2, 0.25) is 0 Å². The average molecular weight is 273 g/mol. The Morgan fingerprint density at radius 1 is 1.25 bits per heavy atom. The Bertz CT molecular complexity index is 450. The minimum absolute atomic E-state index is 0.769. The summed E-state index contributed by atoms with van der Waals surface area (Å²) in [5.41, 5.74) is 2.65. The number of hydrogen-bond acceptors (Lipinski definition) is 3. The molecule has 2 saturated carbocycles. The van der Waals surface area contributed by atoms with Gasteiger partial charge in [-0.05, 0) is 55.7 Å². The third-order valence-electron chi connectivity index (χ3n) is 4.22. The van der Waals surface area contributed by atoms with Gasteiger partial charge >= 0.3 is 0 Å². The van der Waals surface area contributed by atoms with Crippen LogP contribution in [0.15, 0.2) is 12.1 Å². The predicted octanol–water partition coefficient (Wildman–Crippen LogP) is 3.13. The van der Waals surface area contributed by atoms with E-state index in [9.17, 15) is 0 Å². The molecule has 0 spiro atoms. The first-order valence-corrected chi connectivity index (χ1v) is 8.19. The number of nitrogens with one attached hydrogen (secondary N) is 1. The second-order valence-electron chi connectivity index (χ2n) is 6.55. The zero-order valence-electron chi connectivity index (χ0n) is 12.9. The van der Waals surface area contributed by atoms with Crippen molar-refractivity contribution < 1.29 is 0 Å². The van der Waals surface area contributed by atoms with Gasteiger partial charge < -0.3 is 10.2 Å². The first-order valence-electron chi connectivity index (χ1n) is 8.19. The molecule has 2 fully saturated rings. The number of aryl methyl sites for hydroxylation is 1. The third kappa shape index (κ3) is 3.95. The zero-order chi connectivity index (χ0) is 13.9. The fourth-order valence-corrected chi connectivity index (χ4v) is 2.65. The molecule has 1 aromatic rings. The molecule has 3 rings (SSSR count). The summed E-state index contributed by atoms with van der Waals surface area (Å²) in [7, 11) is 2.19. The molecule has 3 heteroatoms. The maximum absolute atomic E-state index is 4.84. The molecule has 20 heavy (non-hydrogen) atoms. The van der Waals surface area contributed by atoms with E-state index < -0.39 is 0 Å². The summed E-state index contributed by atoms with van der Waals surface area (Å²) in [4.78, 5) is 7.19. The highest BCUT2D eigenvalue weighted by Crippen LogP contribution is 2.30. The lowest BCUT2D eigenvalue weighted by molar-refractivity contribution is 0.684. The molecular weight excluding hydrogens is 246 g/mol. The normalized spacial score (nSPS) is 18.3. The molecule has 1 N–H and O–H groups in total. The van der Waals surface area contributed by atoms with Crippen molar-refractivity contribution in [1.82, 2.24) is 10.3 Å². The summed E-state index contributed by atoms with van der Waals surface area (Å²) in [6.45, 7) is 4.39. The predicted molar refractivity (Wildman–Crippen MR) is 84.1 cm³/mol. The first-order chi connectivity index (χ1) is 9.74. The molecule has 0 unspecified atom stereocenters. The van der Waals surface area contributed by atoms with Crippen LogP contribution in [0.3, 0.4) is 0 Å². The maximum Gasteiger partial charge on any atom is 0.128 e. The molecule has 110 valence electrons. The Kier molecular flexibility index (Phi) is 4.25. The Balaban J connectivity index is 1.71. The quantitative estimate of drug-likeness (QED) is 0.788. The lowest BCUT2D eigenvalue weighted by Gasteiger charge is -2.20. The summed E-state index contributed by atoms with van der Waals surface area (Å²) in [5.74, 6) is 2.07. The molecule has 0 aliphatic heterocycles. The van der Waals surface area contributed by atoms with Gasteiger partial charge in [-0.2, -0.15) is 0 Å². The van der Waals surface area contributed by atoms with Crippen LogP contribution in [0.1, 0.15) is 50.3 Å². The first kappa shape index (κ1) is 13.9. The second-order valence-corrected chi connectivity index (χ2v) is 6.55. The van der Waals surface area contributed by atoms with Crippen molar-refractivity contribution in [1.29, 1.82) is 0 Å². The Hall–Kier alpha value is -1.09. The van der Waals surface area contributed by atoms with Crippen LogP contribution in [0.4, 0.5) is 5.82 Å². The van der Waals surface area contributed by atoms with Crippen LogP contribution in [0.25, 0.3) is 0 Å². The smallest absolute Gasteiger partial charge is 0.128 e. The lowest BCUT2D eigenvalue weighted by Crippen LogP contribution is -2.22. The van der Waals surface area contributed by atoms with Crippen LogP contribution in [-0.2, 0) is 13.0 Å². The molecule has 0 atom stereocenters. The van der Waals surface area contributed by atoms with Gasteiger partial charge in [0.15, 0.2) is 0 Å². The standard InChI is InChI=1S/C17H27N3/c1-3-4-16-9-14(11-18-15-7-8-15)10-17(19-16)20(2)12-13-5-6-13/h9-10,13,15,18H,3-8,11-12H2,1-2H3. The van der Waals surface area contributed by atoms with E-state index in [2.05, 4.69) is 36.3 Å². The molecule has 0 aromatic carbocycles. The van der Waals surface area contributed by atoms with Crippen molar-refractivity contribution in [3.63, 3.8) is 0 Å². The van der Waals surface area contributed by atoms with Crippen molar-refractivity contribution in [2.75, 3.05) is 18.5 Å². The average Bonchev–Trinajstić information content (AvgIpc) is 3.31. The van der Waals surface area contributed by atoms with E-state index in [1.54, 1.807) is 0 Å². The van der Waals surface area contributed by atoms with Crippen LogP contribution in [0.5, 0.6) is 0 Å². The van der Waals surface area contributed by atoms with Crippen molar-refractivity contribution in [2.24, 2.45) is 5.92 Å². The number of pyridine rings is 1. The lowest BCUT2D eigenvalue weighted by atomic mass is 10.1. The molecule has 1 aromatic heterocycles. The van der Waals surface area contributed by atoms with Gasteiger partial charge in [-0.1, -0.05) is 13.3 Å². The minimum Gasteiger partial charge on any atom is -0.359 e. The Morgan fingerprint density at radius 3 is 2.70 bits per heavy atom. The summed E-state index contributed by atoms with van der Waals surface area (Å²) >= 11 is 0. The van der Waals surface area contributed by atoms with Crippen molar-refractivity contribution in [3.8, 4) is 0 Å². The fourth-order valence-electron chi connectivity index (χ4n) is 2.65. The van der Waals surface area contributed by atoms with Gasteiger partial charge in [-0.15, -0.1) is 0 Å². The van der Waals surface area contributed by atoms with Crippen LogP contribution < -0.4 is 10.2 Å². The molecule has 0 radical (unpaired) electrons. The summed E-state index contributed by atoms with van der Waals surface area (Å²) < 4.78 is 0. The summed E-state index contributed by atoms with van der Waals surface area (Å²) in [6, 6.07) is 5.33. The van der Waals surface area contributed by atoms with Crippen LogP contribution >= 0.6 is 0 Å². The number of hydrogen-bond donors (Lipinski definition) is 1. The van der Waals surface area contributed by atoms with Gasteiger partial charge in [-0.3, -0.25) is 0 Å². The van der Waals surface area contributed by atoms with Gasteiger partial charge in [0, 0.05) is 31.9 Å². The molecule has 1 heterocycles. The van der Waals surface area contributed by atoms with Gasteiger partial charge in [0.2, 0.25) is 0 Å². The summed E-state index contributed by atoms with van der Waals surface area (Å²) in [6.07, 6.45) is 7.74. The van der Waals surface area contributed by atoms with Crippen molar-refractivity contribution in [3.05, 3.63) is 23.4 Å². The van der Waals surface area contributed by atoms with E-state index >= 15 is 0 Å². The van der Waals surface area contributed by atoms with Crippen LogP contribution in [-0.4, -0.2) is 24.6 Å². The van der Waals surface area contributed by atoms with Gasteiger partial charge in [0.05, 0.1) is 0 Å². The number of anilines is 1. The number of nitrogens with zero attached hydrogens (tertiary/aromatic N) is 2. The molecule has 2 aliphatic carbocycles. The molecule has 0 saturated heterocycles. The second kappa shape index (κ2) is 6.13. The molecule has 3 nitrogen and oxygen atoms in total. The van der Waals surface area contributed by atoms with Crippen molar-refractivity contribution >= 4 is 5.82 Å². The minimum atomic E-state index is 0.769. The third-order valence-corrected chi connectivity index (χ3v) is 4.22. The van der Waals surface area contributed by atoms with E-state index in [0.717, 1.165) is 43.7 Å². The largest absolute Gasteiger partial charge is 0.359 e. The van der Waals surface area contributed by atoms with Gasteiger partial charge in [0.25, 0.3) is 0 Å². The zero-order valence-corrected chi connectivity index (χ0v) is 12.9. The van der Waals surface area contributed by atoms with E-state index in [4.69, 9.17) is 4.98 Å². The van der Waals surface area contributed by atoms with Crippen LogP contribution in [0, 0.1) is 5.92 Å². The van der Waals surface area contributed by atoms with Gasteiger partial charge in [0.1, 0.15) is 5.82 Å². The van der Waals surface area contributed by atoms with E-state index in [0.29, 0.717) is 0 Å². The highest BCUT2D eigenvalue weighted by Gasteiger charge is 2.24. The van der Waals surface area contributed by atoms with Gasteiger partial charge in [-0.25, -0.2) is 4.98 Å². The molecular formula is C17H27N3. The fraction of sp³-hybridized carbons (Fsp3) is 0.706. The van der Waals surface area contributed by atoms with Crippen molar-refractivity contribution in [2.45, 2.75) is 58.0 Å². The topological polar surface area (TPSA) is 28.2 Å². The Morgan fingerprint density at radius 2 is 2.05 bits per heavy atom. The molecule has 0 bridgehead atoms. The Labute approximate surface area is 122 Å². The van der Waals surface area contributed by atoms with E-state index in [1.165, 1.54) is 36.9 Å².